The van der Waals surface area contributed by atoms with Crippen LogP contribution in [0.2, 0.25) is 0 Å². The van der Waals surface area contributed by atoms with Crippen LogP contribution < -0.4 is 16.0 Å². The first kappa shape index (κ1) is 13.9. The van der Waals surface area contributed by atoms with Crippen molar-refractivity contribution in [3.63, 3.8) is 0 Å². The molecule has 3 N–H and O–H groups in total. The van der Waals surface area contributed by atoms with E-state index in [-0.39, 0.29) is 0 Å². The molecule has 2 heterocycles. The molecule has 1 aromatic carbocycles. The predicted molar refractivity (Wildman–Crippen MR) is 77.1 cm³/mol. The SMILES string of the molecule is CN1C(=O)NC(=O)C2C(c3ccc(Br)cc3)NC(=O)NC21. The number of nitrogens with zero attached hydrogens (tertiary/aromatic N) is 1. The lowest BCUT2D eigenvalue weighted by atomic mass is 9.86. The Morgan fingerprint density at radius 2 is 1.76 bits per heavy atom. The summed E-state index contributed by atoms with van der Waals surface area (Å²) in [6.45, 7) is 0. The Morgan fingerprint density at radius 1 is 1.10 bits per heavy atom. The quantitative estimate of drug-likeness (QED) is 0.702. The largest absolute Gasteiger partial charge is 0.330 e. The normalized spacial score (nSPS) is 28.4. The topological polar surface area (TPSA) is 90.5 Å². The molecule has 5 amide bonds. The number of halogens is 1. The zero-order chi connectivity index (χ0) is 15.1. The molecule has 21 heavy (non-hydrogen) atoms. The van der Waals surface area contributed by atoms with E-state index in [9.17, 15) is 14.4 Å². The maximum Gasteiger partial charge on any atom is 0.325 e. The number of amides is 5. The van der Waals surface area contributed by atoms with E-state index < -0.39 is 36.1 Å². The van der Waals surface area contributed by atoms with E-state index >= 15 is 0 Å². The number of hydrogen-bond donors (Lipinski definition) is 3. The second kappa shape index (κ2) is 5.03. The summed E-state index contributed by atoms with van der Waals surface area (Å²) < 4.78 is 0.906. The van der Waals surface area contributed by atoms with E-state index in [1.165, 1.54) is 4.90 Å². The maximum atomic E-state index is 12.2. The second-order valence-corrected chi connectivity index (χ2v) is 5.94. The van der Waals surface area contributed by atoms with Crippen molar-refractivity contribution < 1.29 is 14.4 Å². The van der Waals surface area contributed by atoms with Gasteiger partial charge in [0.05, 0.1) is 6.04 Å². The van der Waals surface area contributed by atoms with Gasteiger partial charge in [-0.3, -0.25) is 10.1 Å². The number of hydrogen-bond acceptors (Lipinski definition) is 3. The van der Waals surface area contributed by atoms with Crippen molar-refractivity contribution in [2.45, 2.75) is 12.2 Å². The standard InChI is InChI=1S/C13H13BrN4O3/c1-18-10-8(11(19)17-13(18)21)9(15-12(20)16-10)6-2-4-7(14)5-3-6/h2-5,8-10H,1H3,(H2,15,16,20)(H,17,19,21). The van der Waals surface area contributed by atoms with Crippen LogP contribution in [0.4, 0.5) is 9.59 Å². The Bertz CT molecular complexity index is 618. The van der Waals surface area contributed by atoms with E-state index in [2.05, 4.69) is 31.9 Å². The minimum absolute atomic E-state index is 0.400. The second-order valence-electron chi connectivity index (χ2n) is 5.02. The van der Waals surface area contributed by atoms with Gasteiger partial charge in [0, 0.05) is 11.5 Å². The predicted octanol–water partition coefficient (Wildman–Crippen LogP) is 0.927. The van der Waals surface area contributed by atoms with E-state index in [0.717, 1.165) is 10.0 Å². The molecule has 0 saturated carbocycles. The first-order valence-electron chi connectivity index (χ1n) is 6.37. The minimum Gasteiger partial charge on any atom is -0.330 e. The van der Waals surface area contributed by atoms with Gasteiger partial charge in [0.2, 0.25) is 5.91 Å². The fourth-order valence-electron chi connectivity index (χ4n) is 2.68. The fraction of sp³-hybridized carbons (Fsp3) is 0.308. The Balaban J connectivity index is 1.99. The molecule has 1 aromatic rings. The highest BCUT2D eigenvalue weighted by molar-refractivity contribution is 9.10. The van der Waals surface area contributed by atoms with Crippen LogP contribution in [-0.2, 0) is 4.79 Å². The Labute approximate surface area is 129 Å². The molecular formula is C13H13BrN4O3. The lowest BCUT2D eigenvalue weighted by molar-refractivity contribution is -0.130. The number of imide groups is 1. The minimum atomic E-state index is -0.659. The summed E-state index contributed by atoms with van der Waals surface area (Å²) in [6.07, 6.45) is -0.659. The van der Waals surface area contributed by atoms with Gasteiger partial charge in [-0.25, -0.2) is 9.59 Å². The van der Waals surface area contributed by atoms with Crippen LogP contribution in [0.1, 0.15) is 11.6 Å². The molecule has 0 spiro atoms. The molecule has 3 rings (SSSR count). The summed E-state index contributed by atoms with van der Waals surface area (Å²) >= 11 is 3.35. The third-order valence-electron chi connectivity index (χ3n) is 3.76. The monoisotopic (exact) mass is 352 g/mol. The van der Waals surface area contributed by atoms with Gasteiger partial charge in [-0.05, 0) is 17.7 Å². The molecule has 3 atom stereocenters. The molecule has 0 aliphatic carbocycles. The van der Waals surface area contributed by atoms with Crippen molar-refractivity contribution in [2.75, 3.05) is 7.05 Å². The van der Waals surface area contributed by atoms with Crippen molar-refractivity contribution in [3.05, 3.63) is 34.3 Å². The Hall–Kier alpha value is -2.09. The van der Waals surface area contributed by atoms with Gasteiger partial charge in [-0.15, -0.1) is 0 Å². The van der Waals surface area contributed by atoms with Crippen molar-refractivity contribution in [1.29, 1.82) is 0 Å². The zero-order valence-electron chi connectivity index (χ0n) is 11.1. The third-order valence-corrected chi connectivity index (χ3v) is 4.29. The van der Waals surface area contributed by atoms with Crippen LogP contribution in [0.15, 0.2) is 28.7 Å². The molecule has 110 valence electrons. The lowest BCUT2D eigenvalue weighted by Crippen LogP contribution is -2.71. The summed E-state index contributed by atoms with van der Waals surface area (Å²) in [6, 6.07) is 5.94. The molecule has 3 unspecified atom stereocenters. The van der Waals surface area contributed by atoms with Crippen molar-refractivity contribution in [2.24, 2.45) is 5.92 Å². The summed E-state index contributed by atoms with van der Waals surface area (Å²) in [5, 5.41) is 7.68. The number of carbonyl (C=O) groups excluding carboxylic acids is 3. The van der Waals surface area contributed by atoms with Gasteiger partial charge in [-0.2, -0.15) is 0 Å². The zero-order valence-corrected chi connectivity index (χ0v) is 12.7. The molecule has 2 aliphatic rings. The van der Waals surface area contributed by atoms with Crippen LogP contribution in [0.5, 0.6) is 0 Å². The Morgan fingerprint density at radius 3 is 2.43 bits per heavy atom. The molecule has 0 bridgehead atoms. The maximum absolute atomic E-state index is 12.2. The van der Waals surface area contributed by atoms with Gasteiger partial charge in [0.25, 0.3) is 0 Å². The lowest BCUT2D eigenvalue weighted by Gasteiger charge is -2.45. The number of rotatable bonds is 1. The number of fused-ring (bicyclic) bond motifs is 1. The van der Waals surface area contributed by atoms with Gasteiger partial charge in [0.15, 0.2) is 0 Å². The van der Waals surface area contributed by atoms with E-state index in [0.29, 0.717) is 0 Å². The molecule has 0 aromatic heterocycles. The summed E-state index contributed by atoms with van der Waals surface area (Å²) in [5.41, 5.74) is 0.806. The number of carbonyl (C=O) groups is 3. The van der Waals surface area contributed by atoms with E-state index in [1.807, 2.05) is 24.3 Å². The van der Waals surface area contributed by atoms with Crippen molar-refractivity contribution in [1.82, 2.24) is 20.9 Å². The van der Waals surface area contributed by atoms with Crippen LogP contribution in [0.25, 0.3) is 0 Å². The van der Waals surface area contributed by atoms with Crippen LogP contribution in [0, 0.1) is 5.92 Å². The Kier molecular flexibility index (Phi) is 3.32. The van der Waals surface area contributed by atoms with Gasteiger partial charge < -0.3 is 15.5 Å². The molecule has 8 heteroatoms. The highest BCUT2D eigenvalue weighted by Gasteiger charge is 2.48. The highest BCUT2D eigenvalue weighted by Crippen LogP contribution is 2.31. The molecular weight excluding hydrogens is 340 g/mol. The van der Waals surface area contributed by atoms with Crippen molar-refractivity contribution in [3.8, 4) is 0 Å². The third kappa shape index (κ3) is 2.35. The first-order valence-corrected chi connectivity index (χ1v) is 7.17. The average molecular weight is 353 g/mol. The number of benzene rings is 1. The summed E-state index contributed by atoms with van der Waals surface area (Å²) in [7, 11) is 1.55. The number of nitrogens with one attached hydrogen (secondary N) is 3. The summed E-state index contributed by atoms with van der Waals surface area (Å²) in [5.74, 6) is -0.991. The van der Waals surface area contributed by atoms with Crippen LogP contribution in [-0.4, -0.2) is 36.1 Å². The van der Waals surface area contributed by atoms with Crippen molar-refractivity contribution >= 4 is 33.9 Å². The molecule has 2 fully saturated rings. The molecule has 0 radical (unpaired) electrons. The van der Waals surface area contributed by atoms with Crippen LogP contribution in [0.3, 0.4) is 0 Å². The average Bonchev–Trinajstić information content (AvgIpc) is 2.44. The summed E-state index contributed by atoms with van der Waals surface area (Å²) in [4.78, 5) is 37.0. The van der Waals surface area contributed by atoms with E-state index in [4.69, 9.17) is 0 Å². The first-order chi connectivity index (χ1) is 9.97. The molecule has 2 saturated heterocycles. The van der Waals surface area contributed by atoms with Crippen LogP contribution >= 0.6 is 15.9 Å². The molecule has 2 aliphatic heterocycles. The van der Waals surface area contributed by atoms with Gasteiger partial charge in [0.1, 0.15) is 12.1 Å². The van der Waals surface area contributed by atoms with Gasteiger partial charge >= 0.3 is 12.1 Å². The van der Waals surface area contributed by atoms with E-state index in [1.54, 1.807) is 7.05 Å². The highest BCUT2D eigenvalue weighted by atomic mass is 79.9. The smallest absolute Gasteiger partial charge is 0.325 e. The number of urea groups is 2. The fourth-order valence-corrected chi connectivity index (χ4v) is 2.94. The van der Waals surface area contributed by atoms with Gasteiger partial charge in [-0.1, -0.05) is 28.1 Å². The molecule has 7 nitrogen and oxygen atoms in total.